The van der Waals surface area contributed by atoms with Crippen molar-refractivity contribution in [2.24, 2.45) is 5.92 Å². The van der Waals surface area contributed by atoms with Crippen molar-refractivity contribution in [2.45, 2.75) is 111 Å². The molecule has 0 aliphatic rings. The molecule has 3 heteroatoms. The van der Waals surface area contributed by atoms with Crippen molar-refractivity contribution >= 4 is 17.7 Å². The highest BCUT2D eigenvalue weighted by Crippen LogP contribution is 2.13. The van der Waals surface area contributed by atoms with Gasteiger partial charge in [0.05, 0.1) is 0 Å². The third kappa shape index (κ3) is 21.8. The van der Waals surface area contributed by atoms with Gasteiger partial charge in [0.2, 0.25) is 0 Å². The van der Waals surface area contributed by atoms with E-state index in [0.29, 0.717) is 18.9 Å². The number of carbonyl (C=O) groups excluding carboxylic acids is 1. The number of esters is 1. The minimum absolute atomic E-state index is 0.0281. The number of unbranched alkanes of at least 4 members (excludes halogenated alkanes) is 11. The van der Waals surface area contributed by atoms with Crippen molar-refractivity contribution in [3.63, 3.8) is 0 Å². The Hall–Kier alpha value is -0.180. The molecule has 0 amide bonds. The summed E-state index contributed by atoms with van der Waals surface area (Å²) in [4.78, 5) is 11.5. The molecular formula is C22H44O2S. The molecule has 0 aromatic heterocycles. The van der Waals surface area contributed by atoms with E-state index in [1.807, 2.05) is 11.8 Å². The lowest BCUT2D eigenvalue weighted by Crippen LogP contribution is -2.08. The van der Waals surface area contributed by atoms with Crippen LogP contribution in [-0.2, 0) is 9.53 Å². The molecule has 0 N–H and O–H groups in total. The first kappa shape index (κ1) is 24.8. The van der Waals surface area contributed by atoms with Crippen molar-refractivity contribution < 1.29 is 9.53 Å². The Morgan fingerprint density at radius 2 is 1.32 bits per heavy atom. The van der Waals surface area contributed by atoms with Gasteiger partial charge in [0.15, 0.2) is 0 Å². The van der Waals surface area contributed by atoms with E-state index in [1.165, 1.54) is 82.8 Å². The van der Waals surface area contributed by atoms with Crippen LogP contribution in [0.2, 0.25) is 0 Å². The maximum absolute atomic E-state index is 11.5. The average molecular weight is 373 g/mol. The van der Waals surface area contributed by atoms with E-state index in [1.54, 1.807) is 0 Å². The van der Waals surface area contributed by atoms with E-state index in [2.05, 4.69) is 20.8 Å². The van der Waals surface area contributed by atoms with E-state index in [0.717, 1.165) is 12.2 Å². The first-order valence-electron chi connectivity index (χ1n) is 10.9. The fourth-order valence-corrected chi connectivity index (χ4v) is 3.65. The van der Waals surface area contributed by atoms with Gasteiger partial charge in [0.25, 0.3) is 0 Å². The van der Waals surface area contributed by atoms with Crippen molar-refractivity contribution in [2.75, 3.05) is 18.1 Å². The summed E-state index contributed by atoms with van der Waals surface area (Å²) < 4.78 is 5.25. The van der Waals surface area contributed by atoms with Gasteiger partial charge in [0, 0.05) is 12.2 Å². The Bertz CT molecular complexity index is 279. The van der Waals surface area contributed by atoms with Crippen LogP contribution in [0.1, 0.15) is 111 Å². The Balaban J connectivity index is 3.08. The van der Waals surface area contributed by atoms with Crippen LogP contribution < -0.4 is 0 Å². The molecule has 0 aliphatic carbocycles. The van der Waals surface area contributed by atoms with Gasteiger partial charge in [-0.1, -0.05) is 91.4 Å². The molecule has 0 saturated carbocycles. The predicted octanol–water partition coefficient (Wildman–Crippen LogP) is 7.40. The maximum atomic E-state index is 11.5. The summed E-state index contributed by atoms with van der Waals surface area (Å²) in [6, 6.07) is 0. The van der Waals surface area contributed by atoms with E-state index in [4.69, 9.17) is 4.74 Å². The van der Waals surface area contributed by atoms with Crippen LogP contribution >= 0.6 is 11.8 Å². The van der Waals surface area contributed by atoms with Gasteiger partial charge in [-0.3, -0.25) is 4.79 Å². The molecule has 0 aromatic carbocycles. The highest BCUT2D eigenvalue weighted by atomic mass is 32.2. The molecule has 0 aromatic rings. The van der Waals surface area contributed by atoms with E-state index in [-0.39, 0.29) is 5.97 Å². The Morgan fingerprint density at radius 1 is 0.800 bits per heavy atom. The van der Waals surface area contributed by atoms with Crippen LogP contribution in [0.25, 0.3) is 0 Å². The lowest BCUT2D eigenvalue weighted by Gasteiger charge is -2.06. The number of ether oxygens (including phenoxy) is 1. The average Bonchev–Trinajstić information content (AvgIpc) is 2.59. The minimum atomic E-state index is -0.0281. The third-order valence-corrected chi connectivity index (χ3v) is 5.59. The monoisotopic (exact) mass is 372 g/mol. The summed E-state index contributed by atoms with van der Waals surface area (Å²) in [6.45, 7) is 7.14. The fourth-order valence-electron chi connectivity index (χ4n) is 2.84. The topological polar surface area (TPSA) is 26.3 Å². The summed E-state index contributed by atoms with van der Waals surface area (Å²) in [6.07, 6.45) is 18.4. The number of hydrogen-bond donors (Lipinski definition) is 0. The second-order valence-corrected chi connectivity index (χ2v) is 8.88. The molecule has 0 bridgehead atoms. The van der Waals surface area contributed by atoms with Crippen molar-refractivity contribution in [3.8, 4) is 0 Å². The second-order valence-electron chi connectivity index (χ2n) is 7.65. The van der Waals surface area contributed by atoms with Crippen molar-refractivity contribution in [1.82, 2.24) is 0 Å². The van der Waals surface area contributed by atoms with Crippen LogP contribution in [0.4, 0.5) is 0 Å². The van der Waals surface area contributed by atoms with Gasteiger partial charge < -0.3 is 4.74 Å². The zero-order valence-corrected chi connectivity index (χ0v) is 18.1. The zero-order valence-electron chi connectivity index (χ0n) is 17.3. The number of thioether (sulfide) groups is 1. The standard InChI is InChI=1S/C22H44O2S/c1-4-5-6-7-8-9-10-11-12-13-14-15-19-25-20-18-24-22(23)17-16-21(2)3/h21H,4-20H2,1-3H3. The highest BCUT2D eigenvalue weighted by molar-refractivity contribution is 7.99. The quantitative estimate of drug-likeness (QED) is 0.174. The lowest BCUT2D eigenvalue weighted by atomic mass is 10.1. The van der Waals surface area contributed by atoms with E-state index in [9.17, 15) is 4.79 Å². The Labute approximate surface area is 162 Å². The number of rotatable bonds is 19. The summed E-state index contributed by atoms with van der Waals surface area (Å²) >= 11 is 1.92. The predicted molar refractivity (Wildman–Crippen MR) is 113 cm³/mol. The first-order chi connectivity index (χ1) is 12.2. The maximum Gasteiger partial charge on any atom is 0.305 e. The van der Waals surface area contributed by atoms with Crippen molar-refractivity contribution in [1.29, 1.82) is 0 Å². The second kappa shape index (κ2) is 20.1. The van der Waals surface area contributed by atoms with Gasteiger partial charge in [-0.25, -0.2) is 0 Å². The van der Waals surface area contributed by atoms with Gasteiger partial charge in [0.1, 0.15) is 6.61 Å². The molecule has 0 heterocycles. The van der Waals surface area contributed by atoms with Gasteiger partial charge in [-0.15, -0.1) is 0 Å². The molecule has 0 saturated heterocycles. The van der Waals surface area contributed by atoms with Crippen LogP contribution in [-0.4, -0.2) is 24.1 Å². The van der Waals surface area contributed by atoms with E-state index >= 15 is 0 Å². The lowest BCUT2D eigenvalue weighted by molar-refractivity contribution is -0.143. The molecule has 0 fully saturated rings. The van der Waals surface area contributed by atoms with Crippen LogP contribution in [0.15, 0.2) is 0 Å². The largest absolute Gasteiger partial charge is 0.465 e. The molecule has 25 heavy (non-hydrogen) atoms. The smallest absolute Gasteiger partial charge is 0.305 e. The molecular weight excluding hydrogens is 328 g/mol. The zero-order chi connectivity index (χ0) is 18.6. The normalized spacial score (nSPS) is 11.2. The summed E-state index contributed by atoms with van der Waals surface area (Å²) in [7, 11) is 0. The molecule has 0 spiro atoms. The highest BCUT2D eigenvalue weighted by Gasteiger charge is 2.04. The SMILES string of the molecule is CCCCCCCCCCCCCCSCCOC(=O)CCC(C)C. The van der Waals surface area contributed by atoms with Crippen LogP contribution in [0.5, 0.6) is 0 Å². The van der Waals surface area contributed by atoms with Gasteiger partial charge in [-0.2, -0.15) is 11.8 Å². The molecule has 0 rings (SSSR count). The third-order valence-electron chi connectivity index (χ3n) is 4.56. The molecule has 0 aliphatic heterocycles. The number of carbonyl (C=O) groups is 1. The van der Waals surface area contributed by atoms with Gasteiger partial charge >= 0.3 is 5.97 Å². The Kier molecular flexibility index (Phi) is 20.0. The molecule has 0 unspecified atom stereocenters. The molecule has 0 radical (unpaired) electrons. The van der Waals surface area contributed by atoms with Crippen molar-refractivity contribution in [3.05, 3.63) is 0 Å². The summed E-state index contributed by atoms with van der Waals surface area (Å²) in [5.74, 6) is 2.71. The van der Waals surface area contributed by atoms with E-state index < -0.39 is 0 Å². The Morgan fingerprint density at radius 3 is 1.84 bits per heavy atom. The molecule has 2 nitrogen and oxygen atoms in total. The first-order valence-corrected chi connectivity index (χ1v) is 12.1. The fraction of sp³-hybridized carbons (Fsp3) is 0.955. The molecule has 150 valence electrons. The van der Waals surface area contributed by atoms with Crippen LogP contribution in [0.3, 0.4) is 0 Å². The summed E-state index contributed by atoms with van der Waals surface area (Å²) in [5, 5.41) is 0. The van der Waals surface area contributed by atoms with Crippen LogP contribution in [0, 0.1) is 5.92 Å². The van der Waals surface area contributed by atoms with Gasteiger partial charge in [-0.05, 0) is 24.5 Å². The summed E-state index contributed by atoms with van der Waals surface area (Å²) in [5.41, 5.74) is 0. The molecule has 0 atom stereocenters. The minimum Gasteiger partial charge on any atom is -0.465 e. The number of hydrogen-bond acceptors (Lipinski definition) is 3.